The number of aryl methyl sites for hydroxylation is 1. The van der Waals surface area contributed by atoms with Gasteiger partial charge in [-0.25, -0.2) is 0 Å². The van der Waals surface area contributed by atoms with Crippen LogP contribution in [0.15, 0.2) is 42.7 Å². The van der Waals surface area contributed by atoms with Crippen molar-refractivity contribution in [2.24, 2.45) is 0 Å². The fourth-order valence-electron chi connectivity index (χ4n) is 1.85. The normalized spacial score (nSPS) is 10.1. The topological polar surface area (TPSA) is 79.3 Å². The SMILES string of the molecule is O=C(O)CCc1ccccc1NC(=O)c1ccncc1Cl. The Kier molecular flexibility index (Phi) is 4.90. The molecule has 21 heavy (non-hydrogen) atoms. The number of carbonyl (C=O) groups is 2. The molecule has 0 saturated carbocycles. The standard InChI is InChI=1S/C15H13ClN2O3/c16-12-9-17-8-7-11(12)15(21)18-13-4-2-1-3-10(13)5-6-14(19)20/h1-4,7-9H,5-6H2,(H,18,21)(H,19,20). The van der Waals surface area contributed by atoms with Gasteiger partial charge in [0.1, 0.15) is 0 Å². The van der Waals surface area contributed by atoms with E-state index in [1.165, 1.54) is 18.5 Å². The van der Waals surface area contributed by atoms with Crippen LogP contribution in [-0.4, -0.2) is 22.0 Å². The molecule has 0 bridgehead atoms. The van der Waals surface area contributed by atoms with E-state index in [1.54, 1.807) is 24.3 Å². The lowest BCUT2D eigenvalue weighted by atomic mass is 10.1. The van der Waals surface area contributed by atoms with Gasteiger partial charge in [-0.3, -0.25) is 14.6 Å². The Balaban J connectivity index is 2.18. The second-order valence-electron chi connectivity index (χ2n) is 4.36. The van der Waals surface area contributed by atoms with E-state index < -0.39 is 5.97 Å². The highest BCUT2D eigenvalue weighted by atomic mass is 35.5. The summed E-state index contributed by atoms with van der Waals surface area (Å²) in [5, 5.41) is 11.8. The van der Waals surface area contributed by atoms with Crippen LogP contribution in [0.3, 0.4) is 0 Å². The maximum atomic E-state index is 12.2. The number of carbonyl (C=O) groups excluding carboxylic acids is 1. The zero-order valence-electron chi connectivity index (χ0n) is 11.0. The average Bonchev–Trinajstić information content (AvgIpc) is 2.46. The number of aliphatic carboxylic acids is 1. The van der Waals surface area contributed by atoms with Crippen molar-refractivity contribution in [3.63, 3.8) is 0 Å². The lowest BCUT2D eigenvalue weighted by Gasteiger charge is -2.11. The largest absolute Gasteiger partial charge is 0.481 e. The van der Waals surface area contributed by atoms with E-state index in [0.29, 0.717) is 17.7 Å². The number of benzene rings is 1. The summed E-state index contributed by atoms with van der Waals surface area (Å²) < 4.78 is 0. The molecule has 2 N–H and O–H groups in total. The summed E-state index contributed by atoms with van der Waals surface area (Å²) in [4.78, 5) is 26.7. The molecular formula is C15H13ClN2O3. The van der Waals surface area contributed by atoms with Crippen LogP contribution in [0.4, 0.5) is 5.69 Å². The number of halogens is 1. The van der Waals surface area contributed by atoms with Crippen LogP contribution in [0.1, 0.15) is 22.3 Å². The van der Waals surface area contributed by atoms with Gasteiger partial charge in [0.05, 0.1) is 10.6 Å². The van der Waals surface area contributed by atoms with Crippen LogP contribution in [0.25, 0.3) is 0 Å². The highest BCUT2D eigenvalue weighted by Crippen LogP contribution is 2.20. The van der Waals surface area contributed by atoms with Crippen LogP contribution >= 0.6 is 11.6 Å². The van der Waals surface area contributed by atoms with Gasteiger partial charge in [0, 0.05) is 24.5 Å². The Morgan fingerprint density at radius 1 is 1.24 bits per heavy atom. The number of aromatic nitrogens is 1. The molecule has 1 amide bonds. The second-order valence-corrected chi connectivity index (χ2v) is 4.77. The molecule has 0 aliphatic carbocycles. The van der Waals surface area contributed by atoms with Crippen molar-refractivity contribution < 1.29 is 14.7 Å². The van der Waals surface area contributed by atoms with Gasteiger partial charge < -0.3 is 10.4 Å². The van der Waals surface area contributed by atoms with Gasteiger partial charge in [-0.1, -0.05) is 29.8 Å². The van der Waals surface area contributed by atoms with Crippen molar-refractivity contribution in [2.75, 3.05) is 5.32 Å². The molecule has 0 atom stereocenters. The van der Waals surface area contributed by atoms with E-state index in [1.807, 2.05) is 0 Å². The number of rotatable bonds is 5. The maximum absolute atomic E-state index is 12.2. The minimum atomic E-state index is -0.881. The Hall–Kier alpha value is -2.40. The molecular weight excluding hydrogens is 292 g/mol. The van der Waals surface area contributed by atoms with E-state index in [9.17, 15) is 9.59 Å². The fourth-order valence-corrected chi connectivity index (χ4v) is 2.06. The Morgan fingerprint density at radius 2 is 2.00 bits per heavy atom. The molecule has 1 aromatic carbocycles. The van der Waals surface area contributed by atoms with E-state index in [4.69, 9.17) is 16.7 Å². The number of amides is 1. The van der Waals surface area contributed by atoms with Gasteiger partial charge >= 0.3 is 5.97 Å². The van der Waals surface area contributed by atoms with Gasteiger partial charge in [-0.15, -0.1) is 0 Å². The molecule has 0 spiro atoms. The zero-order valence-corrected chi connectivity index (χ0v) is 11.8. The quantitative estimate of drug-likeness (QED) is 0.890. The third kappa shape index (κ3) is 4.03. The van der Waals surface area contributed by atoms with Gasteiger partial charge in [0.15, 0.2) is 0 Å². The summed E-state index contributed by atoms with van der Waals surface area (Å²) >= 11 is 5.93. The van der Waals surface area contributed by atoms with Gasteiger partial charge in [0.25, 0.3) is 5.91 Å². The first-order valence-electron chi connectivity index (χ1n) is 6.28. The molecule has 0 saturated heterocycles. The van der Waals surface area contributed by atoms with Crippen molar-refractivity contribution in [3.05, 3.63) is 58.9 Å². The van der Waals surface area contributed by atoms with Crippen LogP contribution < -0.4 is 5.32 Å². The van der Waals surface area contributed by atoms with Crippen LogP contribution in [-0.2, 0) is 11.2 Å². The van der Waals surface area contributed by atoms with Crippen LogP contribution in [0, 0.1) is 0 Å². The third-order valence-corrected chi connectivity index (χ3v) is 3.19. The highest BCUT2D eigenvalue weighted by molar-refractivity contribution is 6.34. The van der Waals surface area contributed by atoms with Crippen molar-refractivity contribution in [1.82, 2.24) is 4.98 Å². The van der Waals surface area contributed by atoms with Crippen molar-refractivity contribution in [3.8, 4) is 0 Å². The van der Waals surface area contributed by atoms with Crippen LogP contribution in [0.2, 0.25) is 5.02 Å². The van der Waals surface area contributed by atoms with Crippen LogP contribution in [0.5, 0.6) is 0 Å². The van der Waals surface area contributed by atoms with Gasteiger partial charge in [-0.2, -0.15) is 0 Å². The number of pyridine rings is 1. The van der Waals surface area contributed by atoms with Crippen molar-refractivity contribution in [2.45, 2.75) is 12.8 Å². The fraction of sp³-hybridized carbons (Fsp3) is 0.133. The molecule has 6 heteroatoms. The summed E-state index contributed by atoms with van der Waals surface area (Å²) in [6.07, 6.45) is 3.22. The summed E-state index contributed by atoms with van der Waals surface area (Å²) in [7, 11) is 0. The second kappa shape index (κ2) is 6.85. The molecule has 0 fully saturated rings. The Bertz CT molecular complexity index is 673. The molecule has 0 aliphatic rings. The molecule has 2 aromatic rings. The number of hydrogen-bond donors (Lipinski definition) is 2. The van der Waals surface area contributed by atoms with E-state index in [-0.39, 0.29) is 17.4 Å². The minimum Gasteiger partial charge on any atom is -0.481 e. The zero-order chi connectivity index (χ0) is 15.2. The number of nitrogens with one attached hydrogen (secondary N) is 1. The smallest absolute Gasteiger partial charge is 0.303 e. The van der Waals surface area contributed by atoms with E-state index in [2.05, 4.69) is 10.3 Å². The molecule has 5 nitrogen and oxygen atoms in total. The molecule has 108 valence electrons. The van der Waals surface area contributed by atoms with E-state index >= 15 is 0 Å². The van der Waals surface area contributed by atoms with E-state index in [0.717, 1.165) is 5.56 Å². The Morgan fingerprint density at radius 3 is 2.71 bits per heavy atom. The number of nitrogens with zero attached hydrogens (tertiary/aromatic N) is 1. The summed E-state index contributed by atoms with van der Waals surface area (Å²) in [6, 6.07) is 8.61. The minimum absolute atomic E-state index is 0.00287. The average molecular weight is 305 g/mol. The molecule has 2 rings (SSSR count). The number of hydrogen-bond acceptors (Lipinski definition) is 3. The summed E-state index contributed by atoms with van der Waals surface area (Å²) in [5.74, 6) is -1.24. The summed E-state index contributed by atoms with van der Waals surface area (Å²) in [5.41, 5.74) is 1.66. The highest BCUT2D eigenvalue weighted by Gasteiger charge is 2.12. The first-order chi connectivity index (χ1) is 10.1. The van der Waals surface area contributed by atoms with Crippen molar-refractivity contribution in [1.29, 1.82) is 0 Å². The molecule has 0 aliphatic heterocycles. The molecule has 0 unspecified atom stereocenters. The monoisotopic (exact) mass is 304 g/mol. The molecule has 0 radical (unpaired) electrons. The number of para-hydroxylation sites is 1. The maximum Gasteiger partial charge on any atom is 0.303 e. The lowest BCUT2D eigenvalue weighted by Crippen LogP contribution is -2.14. The van der Waals surface area contributed by atoms with Gasteiger partial charge in [-0.05, 0) is 24.1 Å². The van der Waals surface area contributed by atoms with Gasteiger partial charge in [0.2, 0.25) is 0 Å². The summed E-state index contributed by atoms with van der Waals surface area (Å²) in [6.45, 7) is 0. The number of carboxylic acids is 1. The lowest BCUT2D eigenvalue weighted by molar-refractivity contribution is -0.136. The third-order valence-electron chi connectivity index (χ3n) is 2.89. The number of anilines is 1. The predicted molar refractivity (Wildman–Crippen MR) is 79.6 cm³/mol. The molecule has 1 aromatic heterocycles. The predicted octanol–water partition coefficient (Wildman–Crippen LogP) is 3.00. The first kappa shape index (κ1) is 15.0. The number of carboxylic acid groups (broad SMARTS) is 1. The first-order valence-corrected chi connectivity index (χ1v) is 6.66. The van der Waals surface area contributed by atoms with Crippen molar-refractivity contribution >= 4 is 29.2 Å². The Labute approximate surface area is 126 Å². The molecule has 1 heterocycles.